The molecular weight excluding hydrogens is 469 g/mol. The van der Waals surface area contributed by atoms with E-state index in [9.17, 15) is 9.18 Å². The van der Waals surface area contributed by atoms with Gasteiger partial charge in [0.05, 0.1) is 12.7 Å². The van der Waals surface area contributed by atoms with Crippen molar-refractivity contribution in [2.75, 3.05) is 7.11 Å². The number of nitrogens with zero attached hydrogens (tertiary/aromatic N) is 4. The molecule has 0 saturated heterocycles. The van der Waals surface area contributed by atoms with E-state index in [1.807, 2.05) is 0 Å². The molecule has 0 aliphatic carbocycles. The third kappa shape index (κ3) is 4.69. The smallest absolute Gasteiger partial charge is 0.283 e. The Balaban J connectivity index is 1.37. The second-order valence-corrected chi connectivity index (χ2v) is 8.44. The number of hydrogen-bond acceptors (Lipinski definition) is 7. The number of hydrogen-bond donors (Lipinski definition) is 1. The van der Waals surface area contributed by atoms with Gasteiger partial charge in [0, 0.05) is 18.0 Å². The molecule has 2 aliphatic rings. The summed E-state index contributed by atoms with van der Waals surface area (Å²) in [7, 11) is 1.51. The number of aliphatic imine (C=N–C) groups is 1. The van der Waals surface area contributed by atoms with Crippen LogP contribution >= 0.6 is 11.8 Å². The Morgan fingerprint density at radius 3 is 2.60 bits per heavy atom. The zero-order valence-electron chi connectivity index (χ0n) is 18.4. The minimum atomic E-state index is -0.518. The number of amides is 1. The highest BCUT2D eigenvalue weighted by Gasteiger charge is 2.36. The number of amidine groups is 2. The summed E-state index contributed by atoms with van der Waals surface area (Å²) in [6, 6.07) is 14.8. The number of aromatic nitrogens is 1. The number of thioether (sulfide) groups is 1. The van der Waals surface area contributed by atoms with Crippen molar-refractivity contribution in [2.24, 2.45) is 10.1 Å². The topological polar surface area (TPSA) is 100 Å². The number of carbonyl (C=O) groups is 1. The van der Waals surface area contributed by atoms with Gasteiger partial charge in [-0.1, -0.05) is 18.2 Å². The summed E-state index contributed by atoms with van der Waals surface area (Å²) in [5.74, 6) is 0.0551. The Hall–Kier alpha value is -4.31. The highest BCUT2D eigenvalue weighted by molar-refractivity contribution is 8.27. The maximum absolute atomic E-state index is 13.1. The van der Waals surface area contributed by atoms with Crippen molar-refractivity contribution >= 4 is 39.8 Å². The van der Waals surface area contributed by atoms with E-state index in [2.05, 4.69) is 15.1 Å². The van der Waals surface area contributed by atoms with Crippen LogP contribution in [0.2, 0.25) is 0 Å². The first kappa shape index (κ1) is 22.5. The molecule has 0 unspecified atom stereocenters. The van der Waals surface area contributed by atoms with Crippen LogP contribution in [0.3, 0.4) is 0 Å². The summed E-state index contributed by atoms with van der Waals surface area (Å²) < 4.78 is 24.4. The predicted molar refractivity (Wildman–Crippen MR) is 132 cm³/mol. The van der Waals surface area contributed by atoms with Gasteiger partial charge in [0.2, 0.25) is 5.17 Å². The number of ether oxygens (including phenoxy) is 2. The number of benzene rings is 2. The molecule has 10 heteroatoms. The maximum Gasteiger partial charge on any atom is 0.283 e. The van der Waals surface area contributed by atoms with Crippen molar-refractivity contribution in [1.82, 2.24) is 9.99 Å². The lowest BCUT2D eigenvalue weighted by molar-refractivity contribution is -0.114. The molecular formula is C25H18FN5O3S. The Morgan fingerprint density at radius 1 is 1.09 bits per heavy atom. The Kier molecular flexibility index (Phi) is 6.11. The second-order valence-electron chi connectivity index (χ2n) is 7.49. The third-order valence-corrected chi connectivity index (χ3v) is 6.15. The SMILES string of the molecule is COc1cc(C=C2C(=N)N3N=C(c4ccncc4)SC3=NC2=O)ccc1OCc1ccc(F)cc1. The van der Waals surface area contributed by atoms with Gasteiger partial charge in [-0.2, -0.15) is 15.1 Å². The van der Waals surface area contributed by atoms with Crippen molar-refractivity contribution in [3.8, 4) is 11.5 Å². The largest absolute Gasteiger partial charge is 0.493 e. The Bertz CT molecular complexity index is 1400. The fraction of sp³-hybridized carbons (Fsp3) is 0.0800. The second kappa shape index (κ2) is 9.51. The molecule has 0 spiro atoms. The summed E-state index contributed by atoms with van der Waals surface area (Å²) in [4.78, 5) is 20.8. The summed E-state index contributed by atoms with van der Waals surface area (Å²) in [5.41, 5.74) is 2.38. The molecule has 5 rings (SSSR count). The van der Waals surface area contributed by atoms with Crippen molar-refractivity contribution in [3.63, 3.8) is 0 Å². The normalized spacial score (nSPS) is 16.2. The Morgan fingerprint density at radius 2 is 1.86 bits per heavy atom. The summed E-state index contributed by atoms with van der Waals surface area (Å²) in [6.07, 6.45) is 4.88. The van der Waals surface area contributed by atoms with Crippen LogP contribution in [-0.4, -0.2) is 39.1 Å². The molecule has 8 nitrogen and oxygen atoms in total. The van der Waals surface area contributed by atoms with Gasteiger partial charge in [0.25, 0.3) is 5.91 Å². The molecule has 0 bridgehead atoms. The average molecular weight is 488 g/mol. The summed E-state index contributed by atoms with van der Waals surface area (Å²) in [6.45, 7) is 0.238. The summed E-state index contributed by atoms with van der Waals surface area (Å²) >= 11 is 1.23. The van der Waals surface area contributed by atoms with Crippen LogP contribution in [-0.2, 0) is 11.4 Å². The van der Waals surface area contributed by atoms with E-state index in [-0.39, 0.29) is 23.8 Å². The standard InChI is InChI=1S/C25H18FN5O3S/c1-33-21-13-16(4-7-20(21)34-14-15-2-5-18(26)6-3-15)12-19-22(27)31-25(29-23(19)32)35-24(30-31)17-8-10-28-11-9-17/h2-13,27H,14H2,1H3. The van der Waals surface area contributed by atoms with Crippen LogP contribution in [0.1, 0.15) is 16.7 Å². The molecule has 2 aromatic carbocycles. The van der Waals surface area contributed by atoms with Gasteiger partial charge < -0.3 is 9.47 Å². The van der Waals surface area contributed by atoms with E-state index in [4.69, 9.17) is 14.9 Å². The minimum Gasteiger partial charge on any atom is -0.493 e. The fourth-order valence-corrected chi connectivity index (χ4v) is 4.30. The van der Waals surface area contributed by atoms with Gasteiger partial charge in [-0.05, 0) is 65.4 Å². The van der Waals surface area contributed by atoms with Crippen molar-refractivity contribution in [3.05, 3.63) is 95.1 Å². The number of halogens is 1. The number of nitrogens with one attached hydrogen (secondary N) is 1. The molecule has 0 fully saturated rings. The van der Waals surface area contributed by atoms with Gasteiger partial charge in [-0.3, -0.25) is 15.2 Å². The molecule has 3 aromatic rings. The zero-order chi connectivity index (χ0) is 24.4. The molecule has 3 heterocycles. The molecule has 2 aliphatic heterocycles. The number of rotatable bonds is 6. The van der Waals surface area contributed by atoms with Crippen molar-refractivity contribution in [1.29, 1.82) is 5.41 Å². The predicted octanol–water partition coefficient (Wildman–Crippen LogP) is 4.48. The first-order valence-electron chi connectivity index (χ1n) is 10.5. The van der Waals surface area contributed by atoms with Crippen LogP contribution in [0.15, 0.2) is 82.7 Å². The number of carbonyl (C=O) groups excluding carboxylic acids is 1. The Labute approximate surface area is 204 Å². The quantitative estimate of drug-likeness (QED) is 0.515. The van der Waals surface area contributed by atoms with Gasteiger partial charge in [0.1, 0.15) is 17.5 Å². The van der Waals surface area contributed by atoms with E-state index in [1.54, 1.807) is 60.9 Å². The third-order valence-electron chi connectivity index (χ3n) is 5.19. The molecule has 1 amide bonds. The molecule has 0 atom stereocenters. The van der Waals surface area contributed by atoms with Gasteiger partial charge in [0.15, 0.2) is 17.3 Å². The minimum absolute atomic E-state index is 0.0628. The van der Waals surface area contributed by atoms with Crippen LogP contribution in [0, 0.1) is 11.2 Å². The van der Waals surface area contributed by atoms with Gasteiger partial charge in [-0.25, -0.2) is 4.39 Å². The van der Waals surface area contributed by atoms with Crippen LogP contribution in [0.5, 0.6) is 11.5 Å². The molecule has 35 heavy (non-hydrogen) atoms. The number of methoxy groups -OCH3 is 1. The number of hydrazone groups is 1. The van der Waals surface area contributed by atoms with E-state index in [0.29, 0.717) is 27.3 Å². The first-order chi connectivity index (χ1) is 17.0. The van der Waals surface area contributed by atoms with Crippen LogP contribution in [0.4, 0.5) is 4.39 Å². The van der Waals surface area contributed by atoms with Gasteiger partial charge in [-0.15, -0.1) is 0 Å². The van der Waals surface area contributed by atoms with Crippen molar-refractivity contribution in [2.45, 2.75) is 6.61 Å². The fourth-order valence-electron chi connectivity index (χ4n) is 3.40. The van der Waals surface area contributed by atoms with E-state index >= 15 is 0 Å². The zero-order valence-corrected chi connectivity index (χ0v) is 19.3. The lowest BCUT2D eigenvalue weighted by Crippen LogP contribution is -2.35. The van der Waals surface area contributed by atoms with E-state index in [0.717, 1.165) is 11.1 Å². The molecule has 1 aromatic heterocycles. The number of pyridine rings is 1. The monoisotopic (exact) mass is 487 g/mol. The van der Waals surface area contributed by atoms with Crippen molar-refractivity contribution < 1.29 is 18.7 Å². The lowest BCUT2D eigenvalue weighted by Gasteiger charge is -2.20. The molecule has 0 saturated carbocycles. The summed E-state index contributed by atoms with van der Waals surface area (Å²) in [5, 5.41) is 15.4. The molecule has 0 radical (unpaired) electrons. The highest BCUT2D eigenvalue weighted by Crippen LogP contribution is 2.33. The van der Waals surface area contributed by atoms with Crippen LogP contribution < -0.4 is 9.47 Å². The number of fused-ring (bicyclic) bond motifs is 1. The molecule has 1 N–H and O–H groups in total. The maximum atomic E-state index is 13.1. The van der Waals surface area contributed by atoms with E-state index in [1.165, 1.54) is 36.0 Å². The lowest BCUT2D eigenvalue weighted by atomic mass is 10.1. The van der Waals surface area contributed by atoms with E-state index < -0.39 is 5.91 Å². The van der Waals surface area contributed by atoms with Crippen LogP contribution in [0.25, 0.3) is 6.08 Å². The molecule has 174 valence electrons. The highest BCUT2D eigenvalue weighted by atomic mass is 32.2. The van der Waals surface area contributed by atoms with Gasteiger partial charge >= 0.3 is 0 Å². The average Bonchev–Trinajstić information content (AvgIpc) is 3.31. The first-order valence-corrected chi connectivity index (χ1v) is 11.3.